The van der Waals surface area contributed by atoms with E-state index in [9.17, 15) is 0 Å². The average Bonchev–Trinajstić information content (AvgIpc) is 2.01. The van der Waals surface area contributed by atoms with Gasteiger partial charge in [0.2, 0.25) is 0 Å². The summed E-state index contributed by atoms with van der Waals surface area (Å²) in [5.41, 5.74) is 1.37. The summed E-state index contributed by atoms with van der Waals surface area (Å²) in [6, 6.07) is 0. The predicted molar refractivity (Wildman–Crippen MR) is 61.1 cm³/mol. The maximum Gasteiger partial charge on any atom is 0.0554 e. The van der Waals surface area contributed by atoms with Gasteiger partial charge in [0, 0.05) is 23.1 Å². The van der Waals surface area contributed by atoms with Gasteiger partial charge >= 0.3 is 0 Å². The topological polar surface area (TPSA) is 15.6 Å². The summed E-state index contributed by atoms with van der Waals surface area (Å²) in [6.45, 7) is 13.1. The fraction of sp³-hybridized carbons (Fsp3) is 0.667. The molecule has 0 atom stereocenters. The first-order valence-electron chi connectivity index (χ1n) is 5.03. The molecule has 0 aromatic carbocycles. The monoisotopic (exact) mass is 192 g/mol. The van der Waals surface area contributed by atoms with Crippen molar-refractivity contribution in [1.82, 2.24) is 5.01 Å². The first kappa shape index (κ1) is 11.1. The van der Waals surface area contributed by atoms with Crippen LogP contribution in [0, 0.1) is 5.41 Å². The van der Waals surface area contributed by atoms with Gasteiger partial charge in [-0.2, -0.15) is 0 Å². The molecule has 78 valence electrons. The molecule has 2 nitrogen and oxygen atoms in total. The molecule has 1 aliphatic heterocycles. The quantitative estimate of drug-likeness (QED) is 0.575. The van der Waals surface area contributed by atoms with Crippen LogP contribution in [0.15, 0.2) is 23.0 Å². The zero-order chi connectivity index (χ0) is 11.0. The highest BCUT2D eigenvalue weighted by atomic mass is 15.5. The standard InChI is InChI=1S/C12H20N2/c1-11(2,3)10-8-7-9-13-14(10)12(4,5)6/h7-8H,1-6H3. The van der Waals surface area contributed by atoms with Crippen LogP contribution < -0.4 is 0 Å². The van der Waals surface area contributed by atoms with E-state index in [4.69, 9.17) is 0 Å². The summed E-state index contributed by atoms with van der Waals surface area (Å²) in [6.07, 6.45) is 3.97. The molecule has 0 spiro atoms. The Morgan fingerprint density at radius 1 is 1.14 bits per heavy atom. The van der Waals surface area contributed by atoms with E-state index in [1.807, 2.05) is 11.1 Å². The number of hydrogen-bond donors (Lipinski definition) is 0. The third-order valence-electron chi connectivity index (χ3n) is 2.11. The van der Waals surface area contributed by atoms with E-state index in [1.165, 1.54) is 5.70 Å². The Hall–Kier alpha value is -1.01. The number of hydrazone groups is 1. The molecule has 1 aliphatic rings. The molecule has 0 amide bonds. The highest BCUT2D eigenvalue weighted by Crippen LogP contribution is 2.34. The molecule has 1 heterocycles. The Balaban J connectivity index is 3.08. The third kappa shape index (κ3) is 2.27. The van der Waals surface area contributed by atoms with Crippen molar-refractivity contribution >= 4 is 5.87 Å². The lowest BCUT2D eigenvalue weighted by Crippen LogP contribution is -2.40. The van der Waals surface area contributed by atoms with Crippen molar-refractivity contribution in [2.45, 2.75) is 47.1 Å². The zero-order valence-corrected chi connectivity index (χ0v) is 10.0. The molecule has 14 heavy (non-hydrogen) atoms. The lowest BCUT2D eigenvalue weighted by atomic mass is 9.89. The molecular weight excluding hydrogens is 172 g/mol. The van der Waals surface area contributed by atoms with Crippen molar-refractivity contribution in [1.29, 1.82) is 0 Å². The van der Waals surface area contributed by atoms with E-state index in [-0.39, 0.29) is 11.0 Å². The zero-order valence-electron chi connectivity index (χ0n) is 10.0. The average molecular weight is 192 g/mol. The van der Waals surface area contributed by atoms with Gasteiger partial charge in [-0.15, -0.1) is 5.10 Å². The second kappa shape index (κ2) is 3.29. The van der Waals surface area contributed by atoms with E-state index in [0.717, 1.165) is 0 Å². The van der Waals surface area contributed by atoms with Crippen molar-refractivity contribution in [3.8, 4) is 0 Å². The summed E-state index contributed by atoms with van der Waals surface area (Å²) >= 11 is 0. The second-order valence-electron chi connectivity index (χ2n) is 5.68. The molecular formula is C12H20N2. The summed E-state index contributed by atoms with van der Waals surface area (Å²) in [5.74, 6) is 2.89. The third-order valence-corrected chi connectivity index (χ3v) is 2.11. The van der Waals surface area contributed by atoms with Crippen LogP contribution in [0.1, 0.15) is 41.5 Å². The minimum atomic E-state index is 0.0143. The van der Waals surface area contributed by atoms with Crippen LogP contribution in [-0.4, -0.2) is 16.4 Å². The van der Waals surface area contributed by atoms with Crippen LogP contribution in [0.25, 0.3) is 0 Å². The summed E-state index contributed by atoms with van der Waals surface area (Å²) in [5, 5.41) is 6.36. The van der Waals surface area contributed by atoms with Gasteiger partial charge < -0.3 is 0 Å². The van der Waals surface area contributed by atoms with Gasteiger partial charge in [-0.25, -0.2) is 0 Å². The van der Waals surface area contributed by atoms with Gasteiger partial charge in [0.05, 0.1) is 5.54 Å². The van der Waals surface area contributed by atoms with Gasteiger partial charge in [-0.1, -0.05) is 20.8 Å². The van der Waals surface area contributed by atoms with Gasteiger partial charge in [0.1, 0.15) is 0 Å². The Morgan fingerprint density at radius 2 is 1.71 bits per heavy atom. The Bertz CT molecular complexity index is 304. The molecule has 0 aliphatic carbocycles. The molecule has 1 rings (SSSR count). The second-order valence-corrected chi connectivity index (χ2v) is 5.68. The number of nitrogens with zero attached hydrogens (tertiary/aromatic N) is 2. The molecule has 0 unspecified atom stereocenters. The van der Waals surface area contributed by atoms with E-state index < -0.39 is 0 Å². The molecule has 0 fully saturated rings. The number of rotatable bonds is 0. The number of hydrogen-bond acceptors (Lipinski definition) is 2. The van der Waals surface area contributed by atoms with Crippen molar-refractivity contribution in [3.05, 3.63) is 17.8 Å². The lowest BCUT2D eigenvalue weighted by Gasteiger charge is -2.40. The van der Waals surface area contributed by atoms with Crippen LogP contribution >= 0.6 is 0 Å². The smallest absolute Gasteiger partial charge is 0.0554 e. The summed E-state index contributed by atoms with van der Waals surface area (Å²) in [4.78, 5) is 0. The van der Waals surface area contributed by atoms with Crippen LogP contribution in [-0.2, 0) is 0 Å². The van der Waals surface area contributed by atoms with E-state index in [1.54, 1.807) is 0 Å². The Labute approximate surface area is 87.0 Å². The van der Waals surface area contributed by atoms with Crippen LogP contribution in [0.5, 0.6) is 0 Å². The molecule has 0 radical (unpaired) electrons. The molecule has 0 N–H and O–H groups in total. The minimum absolute atomic E-state index is 0.0143. The van der Waals surface area contributed by atoms with Crippen molar-refractivity contribution < 1.29 is 0 Å². The van der Waals surface area contributed by atoms with Crippen molar-refractivity contribution in [3.63, 3.8) is 0 Å². The summed E-state index contributed by atoms with van der Waals surface area (Å²) < 4.78 is 0. The highest BCUT2D eigenvalue weighted by molar-refractivity contribution is 5.57. The Kier molecular flexibility index (Phi) is 2.60. The van der Waals surface area contributed by atoms with Crippen molar-refractivity contribution in [2.75, 3.05) is 0 Å². The molecule has 2 heteroatoms. The lowest BCUT2D eigenvalue weighted by molar-refractivity contribution is 0.154. The largest absolute Gasteiger partial charge is 0.256 e. The number of allylic oxidation sites excluding steroid dienone is 3. The van der Waals surface area contributed by atoms with Crippen LogP contribution in [0.3, 0.4) is 0 Å². The van der Waals surface area contributed by atoms with Gasteiger partial charge in [0.25, 0.3) is 0 Å². The normalized spacial score (nSPS) is 17.3. The van der Waals surface area contributed by atoms with Crippen LogP contribution in [0.4, 0.5) is 0 Å². The van der Waals surface area contributed by atoms with E-state index in [0.29, 0.717) is 0 Å². The minimum Gasteiger partial charge on any atom is -0.256 e. The highest BCUT2D eigenvalue weighted by Gasteiger charge is 2.30. The predicted octanol–water partition coefficient (Wildman–Crippen LogP) is 3.17. The first-order valence-corrected chi connectivity index (χ1v) is 5.03. The fourth-order valence-corrected chi connectivity index (χ4v) is 1.41. The van der Waals surface area contributed by atoms with E-state index >= 15 is 0 Å². The van der Waals surface area contributed by atoms with Crippen LogP contribution in [0.2, 0.25) is 0 Å². The Morgan fingerprint density at radius 3 is 2.07 bits per heavy atom. The van der Waals surface area contributed by atoms with Gasteiger partial charge in [0.15, 0.2) is 0 Å². The molecule has 0 saturated heterocycles. The fourth-order valence-electron chi connectivity index (χ4n) is 1.41. The summed E-state index contributed by atoms with van der Waals surface area (Å²) in [7, 11) is 0. The molecule has 0 bridgehead atoms. The maximum absolute atomic E-state index is 4.31. The van der Waals surface area contributed by atoms with Gasteiger partial charge in [-0.3, -0.25) is 5.01 Å². The molecule has 0 aromatic heterocycles. The van der Waals surface area contributed by atoms with Gasteiger partial charge in [-0.05, 0) is 26.8 Å². The molecule has 0 aromatic rings. The maximum atomic E-state index is 4.31. The SMILES string of the molecule is CC(C)(C)C1=CC=C=NN1C(C)(C)C. The van der Waals surface area contributed by atoms with Crippen molar-refractivity contribution in [2.24, 2.45) is 10.5 Å². The van der Waals surface area contributed by atoms with E-state index in [2.05, 4.69) is 58.6 Å². The molecule has 0 saturated carbocycles. The first-order chi connectivity index (χ1) is 6.23.